The number of sulfonamides is 1. The fraction of sp³-hybridized carbons (Fsp3) is 0.0714. The van der Waals surface area contributed by atoms with E-state index in [0.717, 1.165) is 4.31 Å². The van der Waals surface area contributed by atoms with Crippen molar-refractivity contribution in [1.82, 2.24) is 14.4 Å². The molecule has 1 aromatic carbocycles. The van der Waals surface area contributed by atoms with E-state index in [1.165, 1.54) is 18.4 Å². The minimum Gasteiger partial charge on any atom is -0.461 e. The molecule has 116 valence electrons. The van der Waals surface area contributed by atoms with Gasteiger partial charge in [-0.1, -0.05) is 17.3 Å². The van der Waals surface area contributed by atoms with Crippen molar-refractivity contribution in [2.24, 2.45) is 0 Å². The first kappa shape index (κ1) is 13.7. The van der Waals surface area contributed by atoms with Crippen LogP contribution in [-0.2, 0) is 16.6 Å². The molecule has 0 unspecified atom stereocenters. The Bertz CT molecular complexity index is 991. The van der Waals surface area contributed by atoms with Crippen LogP contribution in [0.2, 0.25) is 0 Å². The molecule has 0 atom stereocenters. The lowest BCUT2D eigenvalue weighted by atomic mass is 10.2. The third-order valence-corrected chi connectivity index (χ3v) is 5.19. The van der Waals surface area contributed by atoms with Gasteiger partial charge in [0.25, 0.3) is 15.9 Å². The molecule has 4 rings (SSSR count). The number of rotatable bonds is 3. The second-order valence-corrected chi connectivity index (χ2v) is 6.63. The van der Waals surface area contributed by atoms with E-state index in [1.807, 2.05) is 0 Å². The number of furan rings is 1. The number of hydrogen-bond acceptors (Lipinski definition) is 7. The average Bonchev–Trinajstić information content (AvgIpc) is 3.25. The van der Waals surface area contributed by atoms with Gasteiger partial charge in [0.05, 0.1) is 11.8 Å². The third kappa shape index (κ3) is 2.05. The minimum atomic E-state index is -3.91. The molecule has 1 aliphatic rings. The van der Waals surface area contributed by atoms with E-state index in [1.54, 1.807) is 24.3 Å². The van der Waals surface area contributed by atoms with Crippen molar-refractivity contribution in [2.75, 3.05) is 0 Å². The van der Waals surface area contributed by atoms with Gasteiger partial charge < -0.3 is 8.94 Å². The number of benzene rings is 1. The van der Waals surface area contributed by atoms with Crippen molar-refractivity contribution in [3.63, 3.8) is 0 Å². The Morgan fingerprint density at radius 2 is 1.96 bits per heavy atom. The van der Waals surface area contributed by atoms with E-state index in [-0.39, 0.29) is 28.7 Å². The van der Waals surface area contributed by atoms with E-state index in [9.17, 15) is 13.2 Å². The molecule has 0 saturated heterocycles. The first-order valence-corrected chi connectivity index (χ1v) is 8.04. The summed E-state index contributed by atoms with van der Waals surface area (Å²) in [6, 6.07) is 9.34. The quantitative estimate of drug-likeness (QED) is 0.718. The van der Waals surface area contributed by atoms with Crippen LogP contribution in [0.4, 0.5) is 0 Å². The molecule has 0 saturated carbocycles. The number of hydrogen-bond donors (Lipinski definition) is 0. The molecule has 9 heteroatoms. The molecule has 0 spiro atoms. The van der Waals surface area contributed by atoms with Crippen LogP contribution in [-0.4, -0.2) is 28.8 Å². The van der Waals surface area contributed by atoms with Gasteiger partial charge in [0.2, 0.25) is 11.7 Å². The normalized spacial score (nSPS) is 15.8. The Kier molecular flexibility index (Phi) is 2.85. The zero-order chi connectivity index (χ0) is 16.0. The summed E-state index contributed by atoms with van der Waals surface area (Å²) in [5.41, 5.74) is 0.137. The number of amides is 1. The highest BCUT2D eigenvalue weighted by Crippen LogP contribution is 2.31. The predicted octanol–water partition coefficient (Wildman–Crippen LogP) is 1.67. The van der Waals surface area contributed by atoms with Crippen molar-refractivity contribution in [3.8, 4) is 11.6 Å². The first-order chi connectivity index (χ1) is 11.1. The molecule has 0 aliphatic carbocycles. The minimum absolute atomic E-state index is 0.00105. The maximum Gasteiger partial charge on any atom is 0.269 e. The number of nitrogens with zero attached hydrogens (tertiary/aromatic N) is 3. The fourth-order valence-corrected chi connectivity index (χ4v) is 3.85. The van der Waals surface area contributed by atoms with Crippen LogP contribution >= 0.6 is 0 Å². The van der Waals surface area contributed by atoms with Crippen molar-refractivity contribution in [2.45, 2.75) is 11.4 Å². The molecular weight excluding hydrogens is 322 g/mol. The predicted molar refractivity (Wildman–Crippen MR) is 75.5 cm³/mol. The summed E-state index contributed by atoms with van der Waals surface area (Å²) in [6.45, 7) is -0.330. The molecule has 0 fully saturated rings. The summed E-state index contributed by atoms with van der Waals surface area (Å²) in [5, 5.41) is 3.71. The molecule has 1 amide bonds. The van der Waals surface area contributed by atoms with Gasteiger partial charge in [-0.2, -0.15) is 4.98 Å². The summed E-state index contributed by atoms with van der Waals surface area (Å²) >= 11 is 0. The van der Waals surface area contributed by atoms with Gasteiger partial charge in [-0.25, -0.2) is 12.7 Å². The van der Waals surface area contributed by atoms with Crippen LogP contribution < -0.4 is 0 Å². The molecule has 1 aliphatic heterocycles. The average molecular weight is 331 g/mol. The van der Waals surface area contributed by atoms with Crippen molar-refractivity contribution >= 4 is 15.9 Å². The van der Waals surface area contributed by atoms with Gasteiger partial charge in [0.15, 0.2) is 5.76 Å². The Labute approximate surface area is 130 Å². The molecule has 0 bridgehead atoms. The van der Waals surface area contributed by atoms with Crippen LogP contribution in [0.25, 0.3) is 11.6 Å². The van der Waals surface area contributed by atoms with E-state index in [2.05, 4.69) is 10.1 Å². The van der Waals surface area contributed by atoms with Crippen LogP contribution in [0.1, 0.15) is 16.2 Å². The third-order valence-electron chi connectivity index (χ3n) is 3.40. The highest BCUT2D eigenvalue weighted by atomic mass is 32.2. The SMILES string of the molecule is O=C1c2ccccc2S(=O)(=O)N1Cc1nc(-c2ccco2)no1. The summed E-state index contributed by atoms with van der Waals surface area (Å²) in [4.78, 5) is 16.3. The Morgan fingerprint density at radius 3 is 2.70 bits per heavy atom. The summed E-state index contributed by atoms with van der Waals surface area (Å²) in [7, 11) is -3.91. The standard InChI is InChI=1S/C14H9N3O5S/c18-14-9-4-1-2-6-11(9)23(19,20)17(14)8-12-15-13(16-22-12)10-5-3-7-21-10/h1-7H,8H2. The van der Waals surface area contributed by atoms with E-state index >= 15 is 0 Å². The molecule has 3 heterocycles. The molecular formula is C14H9N3O5S. The number of aromatic nitrogens is 2. The number of carbonyl (C=O) groups excluding carboxylic acids is 1. The van der Waals surface area contributed by atoms with Crippen LogP contribution in [0.15, 0.2) is 56.5 Å². The lowest BCUT2D eigenvalue weighted by Gasteiger charge is -2.11. The van der Waals surface area contributed by atoms with Gasteiger partial charge in [0, 0.05) is 0 Å². The highest BCUT2D eigenvalue weighted by molar-refractivity contribution is 7.90. The topological polar surface area (TPSA) is 107 Å². The summed E-state index contributed by atoms with van der Waals surface area (Å²) in [6.07, 6.45) is 1.45. The highest BCUT2D eigenvalue weighted by Gasteiger charge is 2.41. The number of fused-ring (bicyclic) bond motifs is 1. The first-order valence-electron chi connectivity index (χ1n) is 6.60. The smallest absolute Gasteiger partial charge is 0.269 e. The maximum absolute atomic E-state index is 12.4. The van der Waals surface area contributed by atoms with Gasteiger partial charge >= 0.3 is 0 Å². The molecule has 23 heavy (non-hydrogen) atoms. The van der Waals surface area contributed by atoms with Gasteiger partial charge in [-0.15, -0.1) is 0 Å². The molecule has 0 N–H and O–H groups in total. The second kappa shape index (κ2) is 4.78. The van der Waals surface area contributed by atoms with Gasteiger partial charge in [0.1, 0.15) is 11.4 Å². The van der Waals surface area contributed by atoms with Crippen molar-refractivity contribution < 1.29 is 22.2 Å². The molecule has 3 aromatic rings. The van der Waals surface area contributed by atoms with Crippen LogP contribution in [0, 0.1) is 0 Å². The van der Waals surface area contributed by atoms with Crippen molar-refractivity contribution in [3.05, 3.63) is 54.1 Å². The number of carbonyl (C=O) groups is 1. The molecule has 8 nitrogen and oxygen atoms in total. The van der Waals surface area contributed by atoms with E-state index in [4.69, 9.17) is 8.94 Å². The fourth-order valence-electron chi connectivity index (χ4n) is 2.34. The lowest BCUT2D eigenvalue weighted by molar-refractivity contribution is 0.0855. The largest absolute Gasteiger partial charge is 0.461 e. The van der Waals surface area contributed by atoms with Gasteiger partial charge in [-0.3, -0.25) is 4.79 Å². The van der Waals surface area contributed by atoms with Crippen LogP contribution in [0.5, 0.6) is 0 Å². The maximum atomic E-state index is 12.4. The Hall–Kier alpha value is -2.94. The van der Waals surface area contributed by atoms with E-state index < -0.39 is 15.9 Å². The zero-order valence-corrected chi connectivity index (χ0v) is 12.4. The Morgan fingerprint density at radius 1 is 1.13 bits per heavy atom. The summed E-state index contributed by atoms with van der Waals surface area (Å²) in [5.74, 6) is -0.0371. The van der Waals surface area contributed by atoms with Crippen molar-refractivity contribution in [1.29, 1.82) is 0 Å². The second-order valence-electron chi connectivity index (χ2n) is 4.80. The zero-order valence-electron chi connectivity index (χ0n) is 11.5. The molecule has 0 radical (unpaired) electrons. The molecule has 2 aromatic heterocycles. The van der Waals surface area contributed by atoms with Gasteiger partial charge in [-0.05, 0) is 24.3 Å². The lowest BCUT2D eigenvalue weighted by Crippen LogP contribution is -2.29. The van der Waals surface area contributed by atoms with E-state index in [0.29, 0.717) is 5.76 Å². The Balaban J connectivity index is 1.67. The monoisotopic (exact) mass is 331 g/mol. The van der Waals surface area contributed by atoms with Crippen LogP contribution in [0.3, 0.4) is 0 Å². The summed E-state index contributed by atoms with van der Waals surface area (Å²) < 4.78 is 35.7.